The fraction of sp³-hybridized carbons (Fsp3) is 0.111. The van der Waals surface area contributed by atoms with Gasteiger partial charge in [-0.15, -0.1) is 0 Å². The number of ether oxygens (including phenoxy) is 1. The number of esters is 2. The van der Waals surface area contributed by atoms with Crippen LogP contribution in [0.5, 0.6) is 0 Å². The number of rotatable bonds is 6. The summed E-state index contributed by atoms with van der Waals surface area (Å²) in [7, 11) is 0. The van der Waals surface area contributed by atoms with Gasteiger partial charge >= 0.3 is 24.1 Å². The maximum atomic E-state index is 12.3. The summed E-state index contributed by atoms with van der Waals surface area (Å²) in [5.74, 6) is -2.50. The molecule has 0 radical (unpaired) electrons. The fourth-order valence-corrected chi connectivity index (χ4v) is 2.10. The molecule has 2 rings (SSSR count). The third kappa shape index (κ3) is 5.53. The average molecular weight is 337 g/mol. The monoisotopic (exact) mass is 337 g/mol. The largest absolute Gasteiger partial charge is 0.388 e. The van der Waals surface area contributed by atoms with Gasteiger partial charge in [-0.3, -0.25) is 4.79 Å². The van der Waals surface area contributed by atoms with Gasteiger partial charge in [-0.1, -0.05) is 48.5 Å². The zero-order valence-electron chi connectivity index (χ0n) is 13.2. The lowest BCUT2D eigenvalue weighted by Gasteiger charge is -2.15. The highest BCUT2D eigenvalue weighted by Crippen LogP contribution is 2.07. The van der Waals surface area contributed by atoms with E-state index >= 15 is 0 Å². The number of carbonyl (C=O) groups is 3. The van der Waals surface area contributed by atoms with E-state index < -0.39 is 23.9 Å². The SMILES string of the molecule is [N-]=[N+]=CC(=O)NC(Cc1ccccc1)C(=O)OC(=O)c1ccccc1. The summed E-state index contributed by atoms with van der Waals surface area (Å²) >= 11 is 0. The molecule has 2 aromatic carbocycles. The third-order valence-electron chi connectivity index (χ3n) is 3.26. The summed E-state index contributed by atoms with van der Waals surface area (Å²) in [5, 5.41) is 2.35. The summed E-state index contributed by atoms with van der Waals surface area (Å²) in [5.41, 5.74) is 9.39. The molecular formula is C18H15N3O4. The van der Waals surface area contributed by atoms with Crippen molar-refractivity contribution in [2.24, 2.45) is 0 Å². The minimum atomic E-state index is -1.11. The van der Waals surface area contributed by atoms with Gasteiger partial charge in [0.1, 0.15) is 6.04 Å². The van der Waals surface area contributed by atoms with Gasteiger partial charge in [0.2, 0.25) is 0 Å². The van der Waals surface area contributed by atoms with Gasteiger partial charge in [0, 0.05) is 6.42 Å². The highest BCUT2D eigenvalue weighted by molar-refractivity contribution is 6.24. The number of hydrogen-bond donors (Lipinski definition) is 1. The van der Waals surface area contributed by atoms with Crippen molar-refractivity contribution in [1.29, 1.82) is 0 Å². The molecular weight excluding hydrogens is 322 g/mol. The second-order valence-corrected chi connectivity index (χ2v) is 5.07. The molecule has 1 atom stereocenters. The van der Waals surface area contributed by atoms with Gasteiger partial charge in [0.25, 0.3) is 0 Å². The van der Waals surface area contributed by atoms with Crippen LogP contribution in [0.1, 0.15) is 15.9 Å². The molecule has 0 heterocycles. The van der Waals surface area contributed by atoms with E-state index in [0.717, 1.165) is 5.56 Å². The molecule has 1 unspecified atom stereocenters. The second kappa shape index (κ2) is 8.90. The van der Waals surface area contributed by atoms with Crippen LogP contribution in [0, 0.1) is 0 Å². The minimum Gasteiger partial charge on any atom is -0.388 e. The van der Waals surface area contributed by atoms with Crippen LogP contribution in [0.4, 0.5) is 0 Å². The highest BCUT2D eigenvalue weighted by Gasteiger charge is 2.26. The zero-order chi connectivity index (χ0) is 18.1. The number of carbonyl (C=O) groups excluding carboxylic acids is 3. The van der Waals surface area contributed by atoms with Crippen LogP contribution >= 0.6 is 0 Å². The van der Waals surface area contributed by atoms with Crippen LogP contribution in [0.3, 0.4) is 0 Å². The average Bonchev–Trinajstić information content (AvgIpc) is 2.63. The number of benzene rings is 2. The molecule has 1 amide bonds. The molecule has 0 aliphatic heterocycles. The summed E-state index contributed by atoms with van der Waals surface area (Å²) in [6, 6.07) is 15.8. The fourth-order valence-electron chi connectivity index (χ4n) is 2.10. The molecule has 1 N–H and O–H groups in total. The predicted octanol–water partition coefficient (Wildman–Crippen LogP) is 1.40. The lowest BCUT2D eigenvalue weighted by Crippen LogP contribution is -2.44. The van der Waals surface area contributed by atoms with Crippen LogP contribution in [-0.4, -0.2) is 34.9 Å². The first-order valence-electron chi connectivity index (χ1n) is 7.43. The van der Waals surface area contributed by atoms with E-state index in [1.54, 1.807) is 42.5 Å². The van der Waals surface area contributed by atoms with E-state index in [4.69, 9.17) is 10.3 Å². The van der Waals surface area contributed by atoms with E-state index in [1.807, 2.05) is 6.07 Å². The quantitative estimate of drug-likeness (QED) is 0.282. The van der Waals surface area contributed by atoms with E-state index in [2.05, 4.69) is 10.1 Å². The molecule has 0 aliphatic carbocycles. The molecule has 0 spiro atoms. The van der Waals surface area contributed by atoms with Gasteiger partial charge in [0.15, 0.2) is 0 Å². The first-order chi connectivity index (χ1) is 12.1. The number of amides is 1. The maximum absolute atomic E-state index is 12.3. The van der Waals surface area contributed by atoms with Crippen LogP contribution in [0.2, 0.25) is 0 Å². The van der Waals surface area contributed by atoms with Gasteiger partial charge in [-0.25, -0.2) is 9.59 Å². The predicted molar refractivity (Wildman–Crippen MR) is 88.6 cm³/mol. The molecule has 0 aromatic heterocycles. The molecule has 2 aromatic rings. The van der Waals surface area contributed by atoms with E-state index in [0.29, 0.717) is 6.21 Å². The summed E-state index contributed by atoms with van der Waals surface area (Å²) in [6.07, 6.45) is 0.733. The van der Waals surface area contributed by atoms with E-state index in [9.17, 15) is 14.4 Å². The Bertz CT molecular complexity index is 800. The maximum Gasteiger partial charge on any atom is 0.345 e. The van der Waals surface area contributed by atoms with Gasteiger partial charge in [-0.2, -0.15) is 4.79 Å². The Balaban J connectivity index is 2.12. The molecule has 0 aliphatic rings. The van der Waals surface area contributed by atoms with Crippen molar-refractivity contribution < 1.29 is 23.9 Å². The molecule has 0 fully saturated rings. The molecule has 7 heteroatoms. The zero-order valence-corrected chi connectivity index (χ0v) is 13.2. The van der Waals surface area contributed by atoms with Crippen LogP contribution in [0.15, 0.2) is 60.7 Å². The Morgan fingerprint density at radius 3 is 2.24 bits per heavy atom. The molecule has 126 valence electrons. The standard InChI is InChI=1S/C18H15N3O4/c19-20-12-16(22)21-15(11-13-7-3-1-4-8-13)18(24)25-17(23)14-9-5-2-6-10-14/h1-10,12,15H,11H2,(H,21,22). The Morgan fingerprint density at radius 1 is 1.04 bits per heavy atom. The smallest absolute Gasteiger partial charge is 0.345 e. The van der Waals surface area contributed by atoms with E-state index in [1.165, 1.54) is 12.1 Å². The number of nitrogens with zero attached hydrogens (tertiary/aromatic N) is 2. The Labute approximate surface area is 143 Å². The number of hydrogen-bond acceptors (Lipinski definition) is 4. The summed E-state index contributed by atoms with van der Waals surface area (Å²) in [4.78, 5) is 38.5. The lowest BCUT2D eigenvalue weighted by atomic mass is 10.1. The van der Waals surface area contributed by atoms with Crippen LogP contribution < -0.4 is 5.32 Å². The first kappa shape index (κ1) is 17.8. The Hall–Kier alpha value is -3.57. The molecule has 7 nitrogen and oxygen atoms in total. The molecule has 25 heavy (non-hydrogen) atoms. The van der Waals surface area contributed by atoms with Crippen molar-refractivity contribution in [2.45, 2.75) is 12.5 Å². The van der Waals surface area contributed by atoms with Crippen molar-refractivity contribution in [1.82, 2.24) is 5.32 Å². The van der Waals surface area contributed by atoms with Crippen molar-refractivity contribution in [3.05, 3.63) is 77.3 Å². The van der Waals surface area contributed by atoms with Crippen molar-refractivity contribution in [2.75, 3.05) is 0 Å². The second-order valence-electron chi connectivity index (χ2n) is 5.07. The highest BCUT2D eigenvalue weighted by atomic mass is 16.6. The molecule has 0 saturated carbocycles. The van der Waals surface area contributed by atoms with Crippen molar-refractivity contribution in [3.8, 4) is 0 Å². The van der Waals surface area contributed by atoms with Crippen LogP contribution in [-0.2, 0) is 20.7 Å². The summed E-state index contributed by atoms with van der Waals surface area (Å²) in [6.45, 7) is 0. The summed E-state index contributed by atoms with van der Waals surface area (Å²) < 4.78 is 4.85. The van der Waals surface area contributed by atoms with Crippen molar-refractivity contribution in [3.63, 3.8) is 0 Å². The molecule has 0 bridgehead atoms. The van der Waals surface area contributed by atoms with E-state index in [-0.39, 0.29) is 12.0 Å². The first-order valence-corrected chi connectivity index (χ1v) is 7.43. The molecule has 0 saturated heterocycles. The third-order valence-corrected chi connectivity index (χ3v) is 3.26. The Kier molecular flexibility index (Phi) is 6.33. The lowest BCUT2D eigenvalue weighted by molar-refractivity contribution is -0.142. The number of nitrogens with one attached hydrogen (secondary N) is 1. The van der Waals surface area contributed by atoms with Gasteiger partial charge < -0.3 is 15.6 Å². The van der Waals surface area contributed by atoms with Crippen LogP contribution in [0.25, 0.3) is 5.53 Å². The minimum absolute atomic E-state index is 0.118. The van der Waals surface area contributed by atoms with Gasteiger partial charge in [0.05, 0.1) is 5.56 Å². The van der Waals surface area contributed by atoms with Crippen molar-refractivity contribution >= 4 is 24.1 Å². The Morgan fingerprint density at radius 2 is 1.64 bits per heavy atom. The topological polar surface area (TPSA) is 109 Å². The normalized spacial score (nSPS) is 10.9. The van der Waals surface area contributed by atoms with Gasteiger partial charge in [-0.05, 0) is 17.7 Å².